The van der Waals surface area contributed by atoms with Gasteiger partial charge in [-0.2, -0.15) is 5.10 Å². The summed E-state index contributed by atoms with van der Waals surface area (Å²) < 4.78 is 1.82. The Labute approximate surface area is 125 Å². The number of benzene rings is 1. The third-order valence-corrected chi connectivity index (χ3v) is 3.13. The first kappa shape index (κ1) is 15.1. The Morgan fingerprint density at radius 2 is 2.24 bits per heavy atom. The fraction of sp³-hybridized carbons (Fsp3) is 0.375. The normalized spacial score (nSPS) is 10.4. The van der Waals surface area contributed by atoms with Crippen molar-refractivity contribution in [3.63, 3.8) is 0 Å². The highest BCUT2D eigenvalue weighted by atomic mass is 16.2. The van der Waals surface area contributed by atoms with E-state index in [1.807, 2.05) is 16.9 Å². The zero-order chi connectivity index (χ0) is 15.1. The van der Waals surface area contributed by atoms with Crippen LogP contribution in [0.5, 0.6) is 0 Å². The van der Waals surface area contributed by atoms with E-state index in [9.17, 15) is 4.79 Å². The maximum absolute atomic E-state index is 11.6. The summed E-state index contributed by atoms with van der Waals surface area (Å²) in [4.78, 5) is 11.6. The molecule has 5 nitrogen and oxygen atoms in total. The summed E-state index contributed by atoms with van der Waals surface area (Å²) in [6.07, 6.45) is 5.55. The Hall–Kier alpha value is -2.30. The fourth-order valence-corrected chi connectivity index (χ4v) is 2.07. The number of urea groups is 1. The molecule has 1 heterocycles. The van der Waals surface area contributed by atoms with Crippen LogP contribution in [-0.4, -0.2) is 22.4 Å². The number of anilines is 1. The molecule has 0 atom stereocenters. The number of amides is 2. The zero-order valence-corrected chi connectivity index (χ0v) is 12.6. The number of aryl methyl sites for hydroxylation is 1. The maximum Gasteiger partial charge on any atom is 0.319 e. The quantitative estimate of drug-likeness (QED) is 0.801. The number of carbonyl (C=O) groups excluding carboxylic acids is 1. The fourth-order valence-electron chi connectivity index (χ4n) is 2.07. The molecule has 0 radical (unpaired) electrons. The van der Waals surface area contributed by atoms with Gasteiger partial charge in [0.25, 0.3) is 0 Å². The summed E-state index contributed by atoms with van der Waals surface area (Å²) in [5, 5.41) is 9.86. The number of carbonyl (C=O) groups is 1. The van der Waals surface area contributed by atoms with Gasteiger partial charge in [-0.3, -0.25) is 4.68 Å². The van der Waals surface area contributed by atoms with Gasteiger partial charge in [0.15, 0.2) is 0 Å². The van der Waals surface area contributed by atoms with Gasteiger partial charge >= 0.3 is 6.03 Å². The van der Waals surface area contributed by atoms with Gasteiger partial charge in [-0.1, -0.05) is 43.2 Å². The summed E-state index contributed by atoms with van der Waals surface area (Å²) in [5.41, 5.74) is 3.13. The van der Waals surface area contributed by atoms with E-state index in [0.717, 1.165) is 12.8 Å². The lowest BCUT2D eigenvalue weighted by Gasteiger charge is -2.05. The molecule has 1 aromatic carbocycles. The first-order chi connectivity index (χ1) is 10.2. The van der Waals surface area contributed by atoms with E-state index < -0.39 is 0 Å². The van der Waals surface area contributed by atoms with Crippen LogP contribution in [0.4, 0.5) is 10.5 Å². The van der Waals surface area contributed by atoms with Gasteiger partial charge in [-0.05, 0) is 18.9 Å². The van der Waals surface area contributed by atoms with Gasteiger partial charge in [0.05, 0.1) is 18.4 Å². The Bertz CT molecular complexity index is 591. The Kier molecular flexibility index (Phi) is 5.37. The molecular formula is C16H22N4O. The number of unbranched alkanes of at least 4 members (excludes halogenated alkanes) is 1. The smallest absolute Gasteiger partial charge is 0.319 e. The van der Waals surface area contributed by atoms with Gasteiger partial charge in [0.1, 0.15) is 0 Å². The summed E-state index contributed by atoms with van der Waals surface area (Å²) in [6, 6.07) is 8.12. The van der Waals surface area contributed by atoms with Crippen molar-refractivity contribution in [2.45, 2.75) is 33.2 Å². The average molecular weight is 286 g/mol. The summed E-state index contributed by atoms with van der Waals surface area (Å²) in [5.74, 6) is 0. The molecular weight excluding hydrogens is 264 g/mol. The molecule has 2 amide bonds. The minimum Gasteiger partial charge on any atom is -0.338 e. The second kappa shape index (κ2) is 7.47. The molecule has 21 heavy (non-hydrogen) atoms. The van der Waals surface area contributed by atoms with Gasteiger partial charge in [-0.15, -0.1) is 0 Å². The van der Waals surface area contributed by atoms with Crippen molar-refractivity contribution >= 4 is 11.7 Å². The van der Waals surface area contributed by atoms with Crippen molar-refractivity contribution < 1.29 is 4.79 Å². The largest absolute Gasteiger partial charge is 0.338 e. The van der Waals surface area contributed by atoms with Crippen LogP contribution in [0.1, 0.15) is 30.9 Å². The lowest BCUT2D eigenvalue weighted by molar-refractivity contribution is 0.252. The minimum atomic E-state index is -0.182. The topological polar surface area (TPSA) is 59.0 Å². The number of hydrogen-bond acceptors (Lipinski definition) is 2. The molecule has 0 aliphatic heterocycles. The molecule has 112 valence electrons. The van der Waals surface area contributed by atoms with Crippen molar-refractivity contribution in [1.82, 2.24) is 15.1 Å². The number of hydrogen-bond donors (Lipinski definition) is 2. The molecule has 0 fully saturated rings. The van der Waals surface area contributed by atoms with Gasteiger partial charge < -0.3 is 10.6 Å². The molecule has 1 aromatic heterocycles. The van der Waals surface area contributed by atoms with Crippen LogP contribution in [0.3, 0.4) is 0 Å². The van der Waals surface area contributed by atoms with E-state index in [1.165, 1.54) is 11.1 Å². The van der Waals surface area contributed by atoms with Crippen LogP contribution >= 0.6 is 0 Å². The van der Waals surface area contributed by atoms with Gasteiger partial charge in [0, 0.05) is 12.7 Å². The summed E-state index contributed by atoms with van der Waals surface area (Å²) in [7, 11) is 0. The molecule has 0 aliphatic carbocycles. The lowest BCUT2D eigenvalue weighted by Crippen LogP contribution is -2.29. The monoisotopic (exact) mass is 286 g/mol. The van der Waals surface area contributed by atoms with E-state index in [-0.39, 0.29) is 6.03 Å². The lowest BCUT2D eigenvalue weighted by atomic mass is 10.1. The maximum atomic E-state index is 11.6. The summed E-state index contributed by atoms with van der Waals surface area (Å²) in [6.45, 7) is 5.55. The van der Waals surface area contributed by atoms with Crippen LogP contribution in [0.15, 0.2) is 36.7 Å². The van der Waals surface area contributed by atoms with Gasteiger partial charge in [-0.25, -0.2) is 4.79 Å². The molecule has 2 aromatic rings. The molecule has 0 unspecified atom stereocenters. The molecule has 0 saturated carbocycles. The standard InChI is InChI=1S/C16H22N4O/c1-3-4-8-17-16(21)19-15-10-18-20(12-15)11-14-7-5-6-13(2)9-14/h5-7,9-10,12H,3-4,8,11H2,1-2H3,(H2,17,19,21). The van der Waals surface area contributed by atoms with Crippen molar-refractivity contribution in [3.05, 3.63) is 47.8 Å². The van der Waals surface area contributed by atoms with Crippen molar-refractivity contribution in [2.75, 3.05) is 11.9 Å². The van der Waals surface area contributed by atoms with E-state index in [1.54, 1.807) is 6.20 Å². The molecule has 0 spiro atoms. The second-order valence-corrected chi connectivity index (χ2v) is 5.15. The Balaban J connectivity index is 1.88. The van der Waals surface area contributed by atoms with Crippen LogP contribution in [0, 0.1) is 6.92 Å². The first-order valence-corrected chi connectivity index (χ1v) is 7.30. The number of nitrogens with one attached hydrogen (secondary N) is 2. The molecule has 5 heteroatoms. The number of rotatable bonds is 6. The van der Waals surface area contributed by atoms with Crippen molar-refractivity contribution in [3.8, 4) is 0 Å². The number of aromatic nitrogens is 2. The van der Waals surface area contributed by atoms with Crippen LogP contribution < -0.4 is 10.6 Å². The van der Waals surface area contributed by atoms with E-state index in [4.69, 9.17) is 0 Å². The average Bonchev–Trinajstić information content (AvgIpc) is 2.86. The molecule has 0 bridgehead atoms. The van der Waals surface area contributed by atoms with Gasteiger partial charge in [0.2, 0.25) is 0 Å². The number of nitrogens with zero attached hydrogens (tertiary/aromatic N) is 2. The molecule has 0 saturated heterocycles. The second-order valence-electron chi connectivity index (χ2n) is 5.15. The molecule has 0 aliphatic rings. The molecule has 2 rings (SSSR count). The first-order valence-electron chi connectivity index (χ1n) is 7.30. The molecule has 2 N–H and O–H groups in total. The Morgan fingerprint density at radius 3 is 3.00 bits per heavy atom. The highest BCUT2D eigenvalue weighted by molar-refractivity contribution is 5.88. The van der Waals surface area contributed by atoms with E-state index >= 15 is 0 Å². The van der Waals surface area contributed by atoms with E-state index in [0.29, 0.717) is 18.8 Å². The van der Waals surface area contributed by atoms with Crippen molar-refractivity contribution in [2.24, 2.45) is 0 Å². The highest BCUT2D eigenvalue weighted by Gasteiger charge is 2.04. The third kappa shape index (κ3) is 4.95. The minimum absolute atomic E-state index is 0.182. The van der Waals surface area contributed by atoms with Crippen molar-refractivity contribution in [1.29, 1.82) is 0 Å². The predicted molar refractivity (Wildman–Crippen MR) is 84.4 cm³/mol. The predicted octanol–water partition coefficient (Wildman–Crippen LogP) is 3.16. The van der Waals surface area contributed by atoms with Crippen LogP contribution in [-0.2, 0) is 6.54 Å². The van der Waals surface area contributed by atoms with E-state index in [2.05, 4.69) is 47.8 Å². The third-order valence-electron chi connectivity index (χ3n) is 3.13. The summed E-state index contributed by atoms with van der Waals surface area (Å²) >= 11 is 0. The van der Waals surface area contributed by atoms with Crippen LogP contribution in [0.2, 0.25) is 0 Å². The van der Waals surface area contributed by atoms with Crippen LogP contribution in [0.25, 0.3) is 0 Å². The Morgan fingerprint density at radius 1 is 1.38 bits per heavy atom. The SMILES string of the molecule is CCCCNC(=O)Nc1cnn(Cc2cccc(C)c2)c1. The zero-order valence-electron chi connectivity index (χ0n) is 12.6. The highest BCUT2D eigenvalue weighted by Crippen LogP contribution is 2.09.